The van der Waals surface area contributed by atoms with Crippen molar-refractivity contribution in [1.29, 1.82) is 0 Å². The summed E-state index contributed by atoms with van der Waals surface area (Å²) >= 11 is 1.54. The molecule has 0 spiro atoms. The third-order valence-corrected chi connectivity index (χ3v) is 6.10. The maximum Gasteiger partial charge on any atom is 0.262 e. The van der Waals surface area contributed by atoms with E-state index in [2.05, 4.69) is 10.3 Å². The van der Waals surface area contributed by atoms with Gasteiger partial charge in [-0.25, -0.2) is 13.4 Å². The molecule has 0 saturated heterocycles. The minimum Gasteiger partial charge on any atom is -0.386 e. The second-order valence-electron chi connectivity index (χ2n) is 4.32. The van der Waals surface area contributed by atoms with E-state index in [-0.39, 0.29) is 11.1 Å². The van der Waals surface area contributed by atoms with Crippen molar-refractivity contribution in [1.82, 2.24) is 9.29 Å². The van der Waals surface area contributed by atoms with E-state index in [0.717, 1.165) is 4.88 Å². The molecule has 2 aromatic heterocycles. The molecule has 2 aromatic rings. The number of nitrogens with zero attached hydrogens (tertiary/aromatic N) is 2. The van der Waals surface area contributed by atoms with Crippen molar-refractivity contribution in [2.75, 3.05) is 19.4 Å². The highest BCUT2D eigenvalue weighted by Gasteiger charge is 2.29. The Morgan fingerprint density at radius 2 is 2.10 bits per heavy atom. The van der Waals surface area contributed by atoms with Crippen LogP contribution >= 0.6 is 11.3 Å². The highest BCUT2D eigenvalue weighted by atomic mass is 32.2. The van der Waals surface area contributed by atoms with Crippen molar-refractivity contribution < 1.29 is 8.42 Å². The lowest BCUT2D eigenvalue weighted by molar-refractivity contribution is 0.401. The molecular weight excluding hydrogens is 294 g/mol. The number of thiophene rings is 1. The topological polar surface area (TPSA) is 62.3 Å². The molecule has 0 saturated carbocycles. The van der Waals surface area contributed by atoms with Gasteiger partial charge in [-0.05, 0) is 30.5 Å². The first-order valence-electron chi connectivity index (χ1n) is 6.12. The van der Waals surface area contributed by atoms with Crippen LogP contribution in [0.3, 0.4) is 0 Å². The molecule has 0 radical (unpaired) electrons. The molecule has 1 atom stereocenters. The standard InChI is InChI=1S/C13H17N3O2S2/c1-10(12-7-5-9-19-12)16(3)20(17,18)13-11(14-2)6-4-8-15-13/h4-10,14H,1-3H3. The molecule has 0 aromatic carbocycles. The summed E-state index contributed by atoms with van der Waals surface area (Å²) in [4.78, 5) is 5.02. The minimum atomic E-state index is -3.64. The third-order valence-electron chi connectivity index (χ3n) is 3.16. The predicted octanol–water partition coefficient (Wildman–Crippen LogP) is 2.57. The first-order valence-corrected chi connectivity index (χ1v) is 8.44. The molecule has 1 unspecified atom stereocenters. The number of pyridine rings is 1. The van der Waals surface area contributed by atoms with E-state index in [1.165, 1.54) is 21.8 Å². The van der Waals surface area contributed by atoms with Gasteiger partial charge in [0.2, 0.25) is 0 Å². The van der Waals surface area contributed by atoms with E-state index in [4.69, 9.17) is 0 Å². The smallest absolute Gasteiger partial charge is 0.262 e. The Labute approximate surface area is 123 Å². The van der Waals surface area contributed by atoms with Gasteiger partial charge < -0.3 is 5.32 Å². The second kappa shape index (κ2) is 5.90. The van der Waals surface area contributed by atoms with Gasteiger partial charge in [0.1, 0.15) is 0 Å². The van der Waals surface area contributed by atoms with Gasteiger partial charge in [-0.1, -0.05) is 6.07 Å². The van der Waals surface area contributed by atoms with Crippen molar-refractivity contribution in [3.05, 3.63) is 40.7 Å². The van der Waals surface area contributed by atoms with Gasteiger partial charge in [0.05, 0.1) is 11.7 Å². The van der Waals surface area contributed by atoms with Crippen LogP contribution in [0.1, 0.15) is 17.8 Å². The SMILES string of the molecule is CNc1cccnc1S(=O)(=O)N(C)C(C)c1cccs1. The molecule has 5 nitrogen and oxygen atoms in total. The number of rotatable bonds is 5. The Balaban J connectivity index is 2.39. The van der Waals surface area contributed by atoms with Crippen molar-refractivity contribution in [2.24, 2.45) is 0 Å². The summed E-state index contributed by atoms with van der Waals surface area (Å²) < 4.78 is 26.7. The van der Waals surface area contributed by atoms with Crippen molar-refractivity contribution in [3.8, 4) is 0 Å². The van der Waals surface area contributed by atoms with Crippen LogP contribution in [0.15, 0.2) is 40.9 Å². The lowest BCUT2D eigenvalue weighted by Crippen LogP contribution is -2.30. The van der Waals surface area contributed by atoms with E-state index in [1.807, 2.05) is 24.4 Å². The number of hydrogen-bond acceptors (Lipinski definition) is 5. The van der Waals surface area contributed by atoms with Crippen LogP contribution in [0.2, 0.25) is 0 Å². The number of nitrogens with one attached hydrogen (secondary N) is 1. The molecular formula is C13H17N3O2S2. The van der Waals surface area contributed by atoms with Gasteiger partial charge in [-0.15, -0.1) is 11.3 Å². The Kier molecular flexibility index (Phi) is 4.42. The molecule has 0 aliphatic carbocycles. The summed E-state index contributed by atoms with van der Waals surface area (Å²) in [6, 6.07) is 7.01. The average molecular weight is 311 g/mol. The summed E-state index contributed by atoms with van der Waals surface area (Å²) in [6.45, 7) is 1.87. The molecule has 0 aliphatic rings. The van der Waals surface area contributed by atoms with Crippen LogP contribution in [-0.4, -0.2) is 31.8 Å². The molecule has 0 amide bonds. The molecule has 1 N–H and O–H groups in total. The Bertz CT molecular complexity index is 669. The monoisotopic (exact) mass is 311 g/mol. The minimum absolute atomic E-state index is 0.0495. The normalized spacial score (nSPS) is 13.4. The van der Waals surface area contributed by atoms with Crippen LogP contribution in [0.5, 0.6) is 0 Å². The van der Waals surface area contributed by atoms with E-state index >= 15 is 0 Å². The maximum absolute atomic E-state index is 12.7. The predicted molar refractivity (Wildman–Crippen MR) is 81.5 cm³/mol. The molecule has 7 heteroatoms. The second-order valence-corrected chi connectivity index (χ2v) is 7.21. The molecule has 0 aliphatic heterocycles. The highest BCUT2D eigenvalue weighted by Crippen LogP contribution is 2.30. The van der Waals surface area contributed by atoms with Crippen molar-refractivity contribution >= 4 is 27.0 Å². The van der Waals surface area contributed by atoms with E-state index in [0.29, 0.717) is 5.69 Å². The zero-order valence-corrected chi connectivity index (χ0v) is 13.2. The quantitative estimate of drug-likeness (QED) is 0.922. The zero-order valence-electron chi connectivity index (χ0n) is 11.6. The first kappa shape index (κ1) is 15.0. The van der Waals surface area contributed by atoms with Crippen LogP contribution in [0, 0.1) is 0 Å². The summed E-state index contributed by atoms with van der Waals surface area (Å²) in [6.07, 6.45) is 1.48. The van der Waals surface area contributed by atoms with Gasteiger partial charge in [-0.3, -0.25) is 0 Å². The molecule has 2 heterocycles. The summed E-state index contributed by atoms with van der Waals surface area (Å²) in [5.74, 6) is 0. The fourth-order valence-electron chi connectivity index (χ4n) is 1.84. The molecule has 2 rings (SSSR count). The summed E-state index contributed by atoms with van der Waals surface area (Å²) in [5.41, 5.74) is 0.498. The third kappa shape index (κ3) is 2.70. The molecule has 108 valence electrons. The Hall–Kier alpha value is -1.44. The van der Waals surface area contributed by atoms with E-state index in [1.54, 1.807) is 26.2 Å². The Morgan fingerprint density at radius 3 is 2.70 bits per heavy atom. The van der Waals surface area contributed by atoms with Crippen LogP contribution < -0.4 is 5.32 Å². The van der Waals surface area contributed by atoms with Crippen LogP contribution in [0.4, 0.5) is 5.69 Å². The van der Waals surface area contributed by atoms with Crippen molar-refractivity contribution in [3.63, 3.8) is 0 Å². The first-order chi connectivity index (χ1) is 9.48. The lowest BCUT2D eigenvalue weighted by atomic mass is 10.3. The van der Waals surface area contributed by atoms with Gasteiger partial charge in [0, 0.05) is 25.2 Å². The van der Waals surface area contributed by atoms with E-state index in [9.17, 15) is 8.42 Å². The fraction of sp³-hybridized carbons (Fsp3) is 0.308. The highest BCUT2D eigenvalue weighted by molar-refractivity contribution is 7.89. The summed E-state index contributed by atoms with van der Waals surface area (Å²) in [7, 11) is -0.384. The molecule has 20 heavy (non-hydrogen) atoms. The van der Waals surface area contributed by atoms with Gasteiger partial charge in [0.25, 0.3) is 10.0 Å². The van der Waals surface area contributed by atoms with Gasteiger partial charge in [-0.2, -0.15) is 4.31 Å². The largest absolute Gasteiger partial charge is 0.386 e. The van der Waals surface area contributed by atoms with Gasteiger partial charge in [0.15, 0.2) is 5.03 Å². The maximum atomic E-state index is 12.7. The van der Waals surface area contributed by atoms with Crippen LogP contribution in [-0.2, 0) is 10.0 Å². The Morgan fingerprint density at radius 1 is 1.35 bits per heavy atom. The molecule has 0 bridgehead atoms. The molecule has 0 fully saturated rings. The van der Waals surface area contributed by atoms with Gasteiger partial charge >= 0.3 is 0 Å². The number of aromatic nitrogens is 1. The average Bonchev–Trinajstić information content (AvgIpc) is 2.99. The van der Waals surface area contributed by atoms with Crippen molar-refractivity contribution in [2.45, 2.75) is 18.0 Å². The lowest BCUT2D eigenvalue weighted by Gasteiger charge is -2.23. The van der Waals surface area contributed by atoms with E-state index < -0.39 is 10.0 Å². The number of hydrogen-bond donors (Lipinski definition) is 1. The fourth-order valence-corrected chi connectivity index (χ4v) is 4.18. The number of anilines is 1. The zero-order chi connectivity index (χ0) is 14.8. The summed E-state index contributed by atoms with van der Waals surface area (Å²) in [5, 5.41) is 4.85. The van der Waals surface area contributed by atoms with Crippen LogP contribution in [0.25, 0.3) is 0 Å². The number of sulfonamides is 1.